The van der Waals surface area contributed by atoms with Gasteiger partial charge >= 0.3 is 0 Å². The number of benzene rings is 2. The van der Waals surface area contributed by atoms with Gasteiger partial charge in [-0.05, 0) is 36.8 Å². The Hall–Kier alpha value is -2.58. The fourth-order valence-electron chi connectivity index (χ4n) is 4.03. The number of piperazine rings is 1. The van der Waals surface area contributed by atoms with Crippen molar-refractivity contribution < 1.29 is 22.8 Å². The molecular weight excluding hydrogens is 419 g/mol. The summed E-state index contributed by atoms with van der Waals surface area (Å²) in [5.74, 6) is -3.36. The first-order valence-corrected chi connectivity index (χ1v) is 9.99. The molecule has 158 valence electrons. The van der Waals surface area contributed by atoms with Crippen molar-refractivity contribution in [1.82, 2.24) is 4.90 Å². The Morgan fingerprint density at radius 1 is 0.933 bits per heavy atom. The van der Waals surface area contributed by atoms with Gasteiger partial charge in [0.25, 0.3) is 5.91 Å². The van der Waals surface area contributed by atoms with Gasteiger partial charge in [0.1, 0.15) is 5.82 Å². The minimum absolute atomic E-state index is 0.128. The number of nitrogens with zero attached hydrogens (tertiary/aromatic N) is 3. The van der Waals surface area contributed by atoms with E-state index in [1.54, 1.807) is 4.90 Å². The van der Waals surface area contributed by atoms with E-state index in [0.717, 1.165) is 11.0 Å². The number of imide groups is 1. The highest BCUT2D eigenvalue weighted by Gasteiger charge is 2.39. The lowest BCUT2D eigenvalue weighted by atomic mass is 10.0. The summed E-state index contributed by atoms with van der Waals surface area (Å²) in [7, 11) is 0. The molecule has 4 rings (SSSR count). The predicted molar refractivity (Wildman–Crippen MR) is 107 cm³/mol. The van der Waals surface area contributed by atoms with Crippen LogP contribution in [0.25, 0.3) is 0 Å². The van der Waals surface area contributed by atoms with E-state index in [-0.39, 0.29) is 28.7 Å². The lowest BCUT2D eigenvalue weighted by molar-refractivity contribution is -0.133. The van der Waals surface area contributed by atoms with Gasteiger partial charge in [0.2, 0.25) is 5.91 Å². The first-order chi connectivity index (χ1) is 14.4. The Kier molecular flexibility index (Phi) is 5.71. The molecule has 30 heavy (non-hydrogen) atoms. The van der Waals surface area contributed by atoms with Gasteiger partial charge in [-0.15, -0.1) is 0 Å². The van der Waals surface area contributed by atoms with Gasteiger partial charge in [0, 0.05) is 32.6 Å². The fourth-order valence-corrected chi connectivity index (χ4v) is 4.17. The van der Waals surface area contributed by atoms with Crippen LogP contribution in [0.5, 0.6) is 0 Å². The summed E-state index contributed by atoms with van der Waals surface area (Å²) in [5, 5.41) is -0.273. The number of rotatable bonds is 3. The van der Waals surface area contributed by atoms with Crippen LogP contribution in [0.15, 0.2) is 36.4 Å². The predicted octanol–water partition coefficient (Wildman–Crippen LogP) is 3.60. The molecule has 0 saturated carbocycles. The second-order valence-corrected chi connectivity index (χ2v) is 7.73. The van der Waals surface area contributed by atoms with E-state index >= 15 is 0 Å². The number of piperidine rings is 1. The lowest BCUT2D eigenvalue weighted by Gasteiger charge is -2.42. The summed E-state index contributed by atoms with van der Waals surface area (Å²) in [5.41, 5.74) is 0.343. The van der Waals surface area contributed by atoms with Gasteiger partial charge in [0.05, 0.1) is 22.4 Å². The average molecular weight is 438 g/mol. The number of carbonyl (C=O) groups excluding carboxylic acids is 2. The first-order valence-electron chi connectivity index (χ1n) is 9.61. The summed E-state index contributed by atoms with van der Waals surface area (Å²) < 4.78 is 41.6. The summed E-state index contributed by atoms with van der Waals surface area (Å²) in [6.45, 7) is 1.64. The fraction of sp³-hybridized carbons (Fsp3) is 0.333. The third kappa shape index (κ3) is 3.77. The quantitative estimate of drug-likeness (QED) is 0.543. The molecule has 2 aliphatic rings. The van der Waals surface area contributed by atoms with E-state index in [4.69, 9.17) is 11.6 Å². The molecule has 2 aliphatic heterocycles. The molecule has 0 spiro atoms. The van der Waals surface area contributed by atoms with Crippen LogP contribution >= 0.6 is 11.6 Å². The molecule has 2 amide bonds. The van der Waals surface area contributed by atoms with Gasteiger partial charge in [-0.1, -0.05) is 17.7 Å². The summed E-state index contributed by atoms with van der Waals surface area (Å²) in [4.78, 5) is 30.1. The molecule has 0 aromatic heterocycles. The monoisotopic (exact) mass is 437 g/mol. The SMILES string of the molecule is O=C1CCC(N2CCN(c3ccc(Cl)c(F)c3F)CC2)C(=O)N1c1cccc(F)c1. The van der Waals surface area contributed by atoms with Gasteiger partial charge in [-0.2, -0.15) is 0 Å². The highest BCUT2D eigenvalue weighted by molar-refractivity contribution is 6.30. The third-order valence-electron chi connectivity index (χ3n) is 5.56. The number of anilines is 2. The van der Waals surface area contributed by atoms with Crippen molar-refractivity contribution in [3.8, 4) is 0 Å². The molecule has 0 aliphatic carbocycles. The maximum atomic E-state index is 14.2. The Morgan fingerprint density at radius 3 is 2.37 bits per heavy atom. The third-order valence-corrected chi connectivity index (χ3v) is 5.86. The maximum absolute atomic E-state index is 14.2. The molecule has 2 saturated heterocycles. The molecule has 2 aromatic carbocycles. The van der Waals surface area contributed by atoms with Gasteiger partial charge < -0.3 is 4.90 Å². The van der Waals surface area contributed by atoms with E-state index < -0.39 is 29.4 Å². The number of carbonyl (C=O) groups is 2. The molecule has 9 heteroatoms. The van der Waals surface area contributed by atoms with E-state index in [1.807, 2.05) is 4.90 Å². The lowest BCUT2D eigenvalue weighted by Crippen LogP contribution is -2.59. The largest absolute Gasteiger partial charge is 0.367 e. The molecule has 0 radical (unpaired) electrons. The van der Waals surface area contributed by atoms with Crippen LogP contribution in [-0.2, 0) is 9.59 Å². The van der Waals surface area contributed by atoms with E-state index in [1.165, 1.54) is 30.3 Å². The molecule has 5 nitrogen and oxygen atoms in total. The molecule has 0 bridgehead atoms. The normalized spacial score (nSPS) is 20.7. The highest BCUT2D eigenvalue weighted by Crippen LogP contribution is 2.29. The van der Waals surface area contributed by atoms with Crippen LogP contribution in [0, 0.1) is 17.5 Å². The molecule has 1 atom stereocenters. The standard InChI is InChI=1S/C21H19ClF3N3O2/c22-15-4-5-16(20(25)19(15)24)26-8-10-27(11-9-26)17-6-7-18(29)28(21(17)30)14-3-1-2-13(23)12-14/h1-5,12,17H,6-11H2. The Bertz CT molecular complexity index is 995. The zero-order valence-electron chi connectivity index (χ0n) is 16.0. The van der Waals surface area contributed by atoms with Crippen molar-refractivity contribution in [2.24, 2.45) is 0 Å². The summed E-state index contributed by atoms with van der Waals surface area (Å²) in [6.07, 6.45) is 0.539. The molecule has 2 fully saturated rings. The van der Waals surface area contributed by atoms with Crippen molar-refractivity contribution in [3.05, 3.63) is 58.9 Å². The average Bonchev–Trinajstić information content (AvgIpc) is 2.73. The van der Waals surface area contributed by atoms with Gasteiger partial charge in [-0.25, -0.2) is 18.1 Å². The zero-order valence-corrected chi connectivity index (χ0v) is 16.7. The Balaban J connectivity index is 1.47. The van der Waals surface area contributed by atoms with E-state index in [2.05, 4.69) is 0 Å². The minimum atomic E-state index is -1.08. The van der Waals surface area contributed by atoms with Crippen LogP contribution < -0.4 is 9.80 Å². The second kappa shape index (κ2) is 8.28. The highest BCUT2D eigenvalue weighted by atomic mass is 35.5. The van der Waals surface area contributed by atoms with E-state index in [9.17, 15) is 22.8 Å². The van der Waals surface area contributed by atoms with Crippen LogP contribution in [-0.4, -0.2) is 48.9 Å². The smallest absolute Gasteiger partial charge is 0.251 e. The first kappa shape index (κ1) is 20.7. The number of amides is 2. The van der Waals surface area contributed by atoms with Crippen LogP contribution in [0.1, 0.15) is 12.8 Å². The Morgan fingerprint density at radius 2 is 1.67 bits per heavy atom. The van der Waals surface area contributed by atoms with Crippen LogP contribution in [0.4, 0.5) is 24.5 Å². The molecule has 0 N–H and O–H groups in total. The van der Waals surface area contributed by atoms with Crippen molar-refractivity contribution in [3.63, 3.8) is 0 Å². The maximum Gasteiger partial charge on any atom is 0.251 e. The molecular formula is C21H19ClF3N3O2. The number of halogens is 4. The second-order valence-electron chi connectivity index (χ2n) is 7.32. The van der Waals surface area contributed by atoms with Crippen molar-refractivity contribution in [1.29, 1.82) is 0 Å². The topological polar surface area (TPSA) is 43.9 Å². The Labute approximate surface area is 176 Å². The summed E-state index contributed by atoms with van der Waals surface area (Å²) >= 11 is 5.62. The molecule has 2 aromatic rings. The van der Waals surface area contributed by atoms with Crippen LogP contribution in [0.3, 0.4) is 0 Å². The van der Waals surface area contributed by atoms with Crippen LogP contribution in [0.2, 0.25) is 5.02 Å². The van der Waals surface area contributed by atoms with Crippen molar-refractivity contribution >= 4 is 34.8 Å². The van der Waals surface area contributed by atoms with Crippen molar-refractivity contribution in [2.45, 2.75) is 18.9 Å². The van der Waals surface area contributed by atoms with Crippen molar-refractivity contribution in [2.75, 3.05) is 36.0 Å². The molecule has 1 unspecified atom stereocenters. The summed E-state index contributed by atoms with van der Waals surface area (Å²) in [6, 6.07) is 7.61. The zero-order chi connectivity index (χ0) is 21.4. The molecule has 2 heterocycles. The number of hydrogen-bond acceptors (Lipinski definition) is 4. The van der Waals surface area contributed by atoms with Gasteiger partial charge in [-0.3, -0.25) is 14.5 Å². The van der Waals surface area contributed by atoms with Gasteiger partial charge in [0.15, 0.2) is 11.6 Å². The van der Waals surface area contributed by atoms with E-state index in [0.29, 0.717) is 32.6 Å². The number of hydrogen-bond donors (Lipinski definition) is 0. The minimum Gasteiger partial charge on any atom is -0.367 e.